The molecular formula is C52H45Cl3N2O15. The van der Waals surface area contributed by atoms with Gasteiger partial charge in [-0.2, -0.15) is 0 Å². The van der Waals surface area contributed by atoms with Crippen molar-refractivity contribution in [3.63, 3.8) is 0 Å². The number of fused-ring (bicyclic) bond motifs is 1. The molecule has 0 aromatic heterocycles. The van der Waals surface area contributed by atoms with Gasteiger partial charge in [-0.15, -0.1) is 0 Å². The van der Waals surface area contributed by atoms with Crippen molar-refractivity contribution < 1.29 is 71.4 Å². The molecule has 3 aliphatic heterocycles. The molecule has 3 aliphatic rings. The number of amides is 2. The van der Waals surface area contributed by atoms with Crippen molar-refractivity contribution in [2.24, 2.45) is 0 Å². The van der Waals surface area contributed by atoms with Crippen molar-refractivity contribution in [3.8, 4) is 0 Å². The van der Waals surface area contributed by atoms with E-state index in [4.69, 9.17) is 82.8 Å². The van der Waals surface area contributed by atoms with Crippen LogP contribution in [0, 0.1) is 5.41 Å². The molecule has 2 amide bonds. The summed E-state index contributed by atoms with van der Waals surface area (Å²) in [6.45, 7) is 1.84. The van der Waals surface area contributed by atoms with Gasteiger partial charge in [-0.1, -0.05) is 132 Å². The van der Waals surface area contributed by atoms with Gasteiger partial charge in [0.05, 0.1) is 40.5 Å². The number of esters is 4. The highest BCUT2D eigenvalue weighted by Crippen LogP contribution is 2.40. The summed E-state index contributed by atoms with van der Waals surface area (Å²) >= 11 is 18.1. The third-order valence-electron chi connectivity index (χ3n) is 11.7. The van der Waals surface area contributed by atoms with Gasteiger partial charge in [0.25, 0.3) is 15.6 Å². The van der Waals surface area contributed by atoms with E-state index < -0.39 is 113 Å². The van der Waals surface area contributed by atoms with E-state index in [2.05, 4.69) is 0 Å². The van der Waals surface area contributed by atoms with Crippen molar-refractivity contribution >= 4 is 76.4 Å². The number of carbonyl (C=O) groups excluding carboxylic acids is 6. The first-order valence-electron chi connectivity index (χ1n) is 22.4. The molecule has 0 spiro atoms. The lowest BCUT2D eigenvalue weighted by Gasteiger charge is -2.50. The molecule has 20 heteroatoms. The molecule has 10 atom stereocenters. The number of imide groups is 1. The van der Waals surface area contributed by atoms with Crippen molar-refractivity contribution in [1.82, 2.24) is 4.90 Å². The van der Waals surface area contributed by atoms with E-state index in [9.17, 15) is 28.8 Å². The normalized spacial score (nSPS) is 24.9. The standard InChI is InChI=1S/C52H45Cl3N2O15/c1-29-39(64-27-31-17-7-3-8-18-31)42(43(67-30(2)58)50(66-29)72-51(56)52(53,54)55)71-49-38(57-44(59)35-25-15-16-26-36(35)45(57)60)41(70-48(63)34-23-13-6-14-24-34)40(69-47(62)33-21-11-5-12-22-33)37(68-49)28-65-46(61)32-19-9-4-10-20-32/h3-26,29,37-43,49-50,56H,27-28H2,1-2H3/t29-,37+,38+,39-,40+,41+,42+,43+,49-,50-/m0/s1. The average Bonchev–Trinajstić information content (AvgIpc) is 3.63. The Balaban J connectivity index is 1.30. The number of rotatable bonds is 15. The molecule has 8 rings (SSSR count). The lowest BCUT2D eigenvalue weighted by Crippen LogP contribution is -2.70. The average molecular weight is 1040 g/mol. The highest BCUT2D eigenvalue weighted by atomic mass is 35.6. The zero-order valence-electron chi connectivity index (χ0n) is 38.2. The van der Waals surface area contributed by atoms with E-state index in [-0.39, 0.29) is 34.4 Å². The van der Waals surface area contributed by atoms with Crippen LogP contribution >= 0.6 is 34.8 Å². The second-order valence-electron chi connectivity index (χ2n) is 16.6. The van der Waals surface area contributed by atoms with E-state index in [0.717, 1.165) is 11.8 Å². The molecule has 3 heterocycles. The molecular weight excluding hydrogens is 999 g/mol. The van der Waals surface area contributed by atoms with Gasteiger partial charge in [-0.3, -0.25) is 24.7 Å². The lowest BCUT2D eigenvalue weighted by molar-refractivity contribution is -0.345. The monoisotopic (exact) mass is 1040 g/mol. The van der Waals surface area contributed by atoms with Crippen LogP contribution in [0.2, 0.25) is 0 Å². The Morgan fingerprint density at radius 3 is 1.58 bits per heavy atom. The van der Waals surface area contributed by atoms with Gasteiger partial charge in [0.15, 0.2) is 24.6 Å². The number of halogens is 3. The van der Waals surface area contributed by atoms with Crippen LogP contribution in [0.1, 0.15) is 71.2 Å². The van der Waals surface area contributed by atoms with Gasteiger partial charge in [-0.25, -0.2) is 14.4 Å². The number of nitrogens with one attached hydrogen (secondary N) is 1. The van der Waals surface area contributed by atoms with E-state index in [1.54, 1.807) is 104 Å². The van der Waals surface area contributed by atoms with E-state index in [1.165, 1.54) is 48.5 Å². The maximum absolute atomic E-state index is 14.8. The zero-order valence-corrected chi connectivity index (χ0v) is 40.5. The first-order chi connectivity index (χ1) is 34.6. The van der Waals surface area contributed by atoms with Crippen LogP contribution < -0.4 is 0 Å². The minimum absolute atomic E-state index is 0.0155. The Kier molecular flexibility index (Phi) is 16.4. The summed E-state index contributed by atoms with van der Waals surface area (Å²) in [7, 11) is 0. The van der Waals surface area contributed by atoms with Crippen molar-refractivity contribution in [2.75, 3.05) is 6.61 Å². The van der Waals surface area contributed by atoms with Gasteiger partial charge < -0.3 is 42.6 Å². The fourth-order valence-corrected chi connectivity index (χ4v) is 8.52. The molecule has 0 bridgehead atoms. The summed E-state index contributed by atoms with van der Waals surface area (Å²) in [5, 5.41) is 8.45. The Bertz CT molecular complexity index is 2730. The molecule has 5 aromatic rings. The first kappa shape index (κ1) is 51.6. The Morgan fingerprint density at radius 2 is 1.07 bits per heavy atom. The summed E-state index contributed by atoms with van der Waals surface area (Å²) in [6, 6.07) is 36.4. The summed E-state index contributed by atoms with van der Waals surface area (Å²) in [5.74, 6) is -6.38. The number of hydrogen-bond acceptors (Lipinski definition) is 16. The number of benzene rings is 5. The summed E-state index contributed by atoms with van der Waals surface area (Å²) in [6.07, 6.45) is -14.8. The minimum Gasteiger partial charge on any atom is -0.459 e. The van der Waals surface area contributed by atoms with Crippen molar-refractivity contribution in [3.05, 3.63) is 179 Å². The van der Waals surface area contributed by atoms with Crippen LogP contribution in [0.4, 0.5) is 0 Å². The van der Waals surface area contributed by atoms with E-state index in [1.807, 2.05) is 0 Å². The SMILES string of the molecule is CC(=O)O[C@H]1[C@H](OC(=N)C(Cl)(Cl)Cl)O[C@@H](C)[C@H](OCc2ccccc2)[C@H]1O[C@@H]1O[C@H](COC(=O)c2ccccc2)[C@@H](OC(=O)c2ccccc2)[C@H](OC(=O)c2ccccc2)[C@H]1N1C(=O)c2ccccc2C1=O. The number of hydrogen-bond donors (Lipinski definition) is 1. The van der Waals surface area contributed by atoms with Gasteiger partial charge >= 0.3 is 23.9 Å². The maximum Gasteiger partial charge on any atom is 0.338 e. The van der Waals surface area contributed by atoms with Crippen LogP contribution in [0.25, 0.3) is 0 Å². The third-order valence-corrected chi connectivity index (χ3v) is 12.2. The van der Waals surface area contributed by atoms with Gasteiger partial charge in [0.2, 0.25) is 12.2 Å². The maximum atomic E-state index is 14.8. The molecule has 17 nitrogen and oxygen atoms in total. The summed E-state index contributed by atoms with van der Waals surface area (Å²) in [4.78, 5) is 85.7. The molecule has 2 fully saturated rings. The smallest absolute Gasteiger partial charge is 0.338 e. The minimum atomic E-state index is -2.43. The molecule has 374 valence electrons. The predicted octanol–water partition coefficient (Wildman–Crippen LogP) is 7.70. The highest BCUT2D eigenvalue weighted by molar-refractivity contribution is 6.76. The van der Waals surface area contributed by atoms with Crippen LogP contribution in [-0.2, 0) is 54.0 Å². The molecule has 2 saturated heterocycles. The van der Waals surface area contributed by atoms with E-state index >= 15 is 0 Å². The lowest BCUT2D eigenvalue weighted by atomic mass is 9.93. The molecule has 0 aliphatic carbocycles. The van der Waals surface area contributed by atoms with Crippen LogP contribution in [0.3, 0.4) is 0 Å². The van der Waals surface area contributed by atoms with Crippen LogP contribution in [-0.4, -0.2) is 118 Å². The highest BCUT2D eigenvalue weighted by Gasteiger charge is 2.60. The number of carbonyl (C=O) groups is 6. The molecule has 1 N–H and O–H groups in total. The fourth-order valence-electron chi connectivity index (χ4n) is 8.39. The van der Waals surface area contributed by atoms with Gasteiger partial charge in [-0.05, 0) is 61.0 Å². The Labute approximate surface area is 427 Å². The van der Waals surface area contributed by atoms with Crippen LogP contribution in [0.5, 0.6) is 0 Å². The molecule has 0 radical (unpaired) electrons. The largest absolute Gasteiger partial charge is 0.459 e. The Hall–Kier alpha value is -6.70. The molecule has 5 aromatic carbocycles. The number of alkyl halides is 3. The first-order valence-corrected chi connectivity index (χ1v) is 23.5. The second kappa shape index (κ2) is 22.8. The number of ether oxygens (including phenoxy) is 9. The number of nitrogens with zero attached hydrogens (tertiary/aromatic N) is 1. The fraction of sp³-hybridized carbons (Fsp3) is 0.288. The van der Waals surface area contributed by atoms with Crippen LogP contribution in [0.15, 0.2) is 146 Å². The van der Waals surface area contributed by atoms with Crippen molar-refractivity contribution in [1.29, 1.82) is 5.41 Å². The second-order valence-corrected chi connectivity index (χ2v) is 18.9. The van der Waals surface area contributed by atoms with Gasteiger partial charge in [0.1, 0.15) is 31.0 Å². The predicted molar refractivity (Wildman–Crippen MR) is 256 cm³/mol. The summed E-state index contributed by atoms with van der Waals surface area (Å²) < 4.78 is 53.9. The third kappa shape index (κ3) is 11.8. The van der Waals surface area contributed by atoms with E-state index in [0.29, 0.717) is 5.56 Å². The zero-order chi connectivity index (χ0) is 51.1. The summed E-state index contributed by atoms with van der Waals surface area (Å²) in [5.41, 5.74) is 0.823. The molecule has 0 unspecified atom stereocenters. The topological polar surface area (TPSA) is 213 Å². The molecule has 72 heavy (non-hydrogen) atoms. The quantitative estimate of drug-likeness (QED) is 0.0266. The van der Waals surface area contributed by atoms with Crippen molar-refractivity contribution in [2.45, 2.75) is 85.6 Å². The molecule has 0 saturated carbocycles. The Morgan fingerprint density at radius 1 is 0.583 bits per heavy atom. The van der Waals surface area contributed by atoms with Gasteiger partial charge in [0, 0.05) is 6.92 Å².